The van der Waals surface area contributed by atoms with Gasteiger partial charge in [0.15, 0.2) is 15.9 Å². The van der Waals surface area contributed by atoms with Gasteiger partial charge in [0, 0.05) is 16.0 Å². The van der Waals surface area contributed by atoms with Gasteiger partial charge in [0.05, 0.1) is 20.7 Å². The Labute approximate surface area is 193 Å². The van der Waals surface area contributed by atoms with Crippen LogP contribution >= 0.6 is 23.2 Å². The SMILES string of the molecule is CC(C)S(=O)(=O)c1ccc(Cl)c(C#Cc2cc(Cl)ccc2OC(C(=O)O)C(C)(C)C)c1. The van der Waals surface area contributed by atoms with Crippen molar-refractivity contribution in [3.8, 4) is 17.6 Å². The fraction of sp³-hybridized carbons (Fsp3) is 0.348. The molecule has 0 saturated carbocycles. The Kier molecular flexibility index (Phi) is 7.70. The van der Waals surface area contributed by atoms with Crippen LogP contribution in [-0.4, -0.2) is 30.8 Å². The molecule has 2 aromatic rings. The molecule has 0 aliphatic carbocycles. The quantitative estimate of drug-likeness (QED) is 0.572. The first-order valence-corrected chi connectivity index (χ1v) is 11.8. The molecule has 2 aromatic carbocycles. The van der Waals surface area contributed by atoms with Crippen LogP contribution in [0, 0.1) is 17.3 Å². The molecule has 0 aliphatic heterocycles. The number of hydrogen-bond donors (Lipinski definition) is 1. The van der Waals surface area contributed by atoms with Gasteiger partial charge in [-0.1, -0.05) is 55.8 Å². The Bertz CT molecular complexity index is 1150. The van der Waals surface area contributed by atoms with Gasteiger partial charge in [0.2, 0.25) is 0 Å². The Morgan fingerprint density at radius 3 is 2.19 bits per heavy atom. The Balaban J connectivity index is 2.53. The van der Waals surface area contributed by atoms with Crippen LogP contribution in [0.25, 0.3) is 0 Å². The van der Waals surface area contributed by atoms with Gasteiger partial charge in [-0.3, -0.25) is 0 Å². The van der Waals surface area contributed by atoms with E-state index in [4.69, 9.17) is 27.9 Å². The highest BCUT2D eigenvalue weighted by Gasteiger charge is 2.33. The Morgan fingerprint density at radius 2 is 1.65 bits per heavy atom. The third-order valence-corrected chi connectivity index (χ3v) is 7.13. The van der Waals surface area contributed by atoms with Crippen LogP contribution in [0.15, 0.2) is 41.3 Å². The van der Waals surface area contributed by atoms with E-state index >= 15 is 0 Å². The van der Waals surface area contributed by atoms with Crippen LogP contribution in [0.4, 0.5) is 0 Å². The third kappa shape index (κ3) is 6.16. The number of carboxylic acid groups (broad SMARTS) is 1. The number of ether oxygens (including phenoxy) is 1. The van der Waals surface area contributed by atoms with E-state index in [2.05, 4.69) is 11.8 Å². The van der Waals surface area contributed by atoms with E-state index in [1.807, 2.05) is 0 Å². The lowest BCUT2D eigenvalue weighted by Gasteiger charge is -2.28. The summed E-state index contributed by atoms with van der Waals surface area (Å²) >= 11 is 12.3. The summed E-state index contributed by atoms with van der Waals surface area (Å²) in [5, 5.41) is 9.64. The van der Waals surface area contributed by atoms with Gasteiger partial charge in [-0.2, -0.15) is 0 Å². The fourth-order valence-corrected chi connectivity index (χ4v) is 4.03. The molecule has 0 spiro atoms. The minimum atomic E-state index is -3.49. The summed E-state index contributed by atoms with van der Waals surface area (Å²) in [7, 11) is -3.49. The summed E-state index contributed by atoms with van der Waals surface area (Å²) < 4.78 is 30.7. The first-order chi connectivity index (χ1) is 14.2. The molecule has 0 aromatic heterocycles. The van der Waals surface area contributed by atoms with Crippen molar-refractivity contribution in [3.05, 3.63) is 57.6 Å². The van der Waals surface area contributed by atoms with Gasteiger partial charge in [0.25, 0.3) is 0 Å². The van der Waals surface area contributed by atoms with Crippen LogP contribution in [0.2, 0.25) is 10.0 Å². The lowest BCUT2D eigenvalue weighted by Crippen LogP contribution is -2.39. The first kappa shape index (κ1) is 25.1. The van der Waals surface area contributed by atoms with Crippen LogP contribution < -0.4 is 4.74 Å². The van der Waals surface area contributed by atoms with Crippen LogP contribution in [-0.2, 0) is 14.6 Å². The topological polar surface area (TPSA) is 80.7 Å². The molecule has 5 nitrogen and oxygen atoms in total. The summed E-state index contributed by atoms with van der Waals surface area (Å²) in [6.07, 6.45) is -1.11. The van der Waals surface area contributed by atoms with Gasteiger partial charge in [-0.05, 0) is 50.2 Å². The lowest BCUT2D eigenvalue weighted by molar-refractivity contribution is -0.150. The van der Waals surface area contributed by atoms with E-state index in [9.17, 15) is 18.3 Å². The van der Waals surface area contributed by atoms with Crippen molar-refractivity contribution in [3.63, 3.8) is 0 Å². The van der Waals surface area contributed by atoms with Crippen molar-refractivity contribution < 1.29 is 23.1 Å². The van der Waals surface area contributed by atoms with Gasteiger partial charge >= 0.3 is 5.97 Å². The second-order valence-electron chi connectivity index (χ2n) is 8.33. The zero-order valence-electron chi connectivity index (χ0n) is 17.9. The molecule has 166 valence electrons. The second-order valence-corrected chi connectivity index (χ2v) is 11.7. The summed E-state index contributed by atoms with van der Waals surface area (Å²) in [5.74, 6) is 4.89. The molecule has 0 aliphatic rings. The molecule has 31 heavy (non-hydrogen) atoms. The van der Waals surface area contributed by atoms with Crippen molar-refractivity contribution in [1.29, 1.82) is 0 Å². The number of benzene rings is 2. The fourth-order valence-electron chi connectivity index (χ4n) is 2.61. The van der Waals surface area contributed by atoms with E-state index in [-0.39, 0.29) is 15.7 Å². The molecule has 0 fully saturated rings. The minimum Gasteiger partial charge on any atom is -0.478 e. The predicted octanol–water partition coefficient (Wildman–Crippen LogP) is 5.45. The van der Waals surface area contributed by atoms with Crippen molar-refractivity contribution in [1.82, 2.24) is 0 Å². The normalized spacial score (nSPS) is 12.8. The molecule has 1 N–H and O–H groups in total. The van der Waals surface area contributed by atoms with E-state index in [0.717, 1.165) is 0 Å². The zero-order valence-corrected chi connectivity index (χ0v) is 20.2. The monoisotopic (exact) mass is 482 g/mol. The minimum absolute atomic E-state index is 0.123. The molecule has 0 amide bonds. The summed E-state index contributed by atoms with van der Waals surface area (Å²) in [6.45, 7) is 8.46. The highest BCUT2D eigenvalue weighted by molar-refractivity contribution is 7.92. The number of hydrogen-bond acceptors (Lipinski definition) is 4. The van der Waals surface area contributed by atoms with Crippen molar-refractivity contribution in [2.45, 2.75) is 50.9 Å². The maximum Gasteiger partial charge on any atom is 0.345 e. The van der Waals surface area contributed by atoms with E-state index in [0.29, 0.717) is 16.1 Å². The van der Waals surface area contributed by atoms with Crippen molar-refractivity contribution in [2.24, 2.45) is 5.41 Å². The number of halogens is 2. The van der Waals surface area contributed by atoms with Crippen molar-refractivity contribution >= 4 is 39.0 Å². The maximum atomic E-state index is 12.5. The number of carboxylic acids is 1. The Morgan fingerprint density at radius 1 is 1.03 bits per heavy atom. The predicted molar refractivity (Wildman–Crippen MR) is 123 cm³/mol. The average molecular weight is 483 g/mol. The van der Waals surface area contributed by atoms with E-state index in [1.165, 1.54) is 18.2 Å². The number of sulfone groups is 1. The first-order valence-electron chi connectivity index (χ1n) is 9.48. The molecular formula is C23H24Cl2O5S. The second kappa shape index (κ2) is 9.52. The molecule has 0 heterocycles. The van der Waals surface area contributed by atoms with Crippen LogP contribution in [0.3, 0.4) is 0 Å². The lowest BCUT2D eigenvalue weighted by atomic mass is 9.89. The molecule has 2 rings (SSSR count). The Hall–Kier alpha value is -2.20. The highest BCUT2D eigenvalue weighted by atomic mass is 35.5. The standard InChI is InChI=1S/C23H24Cl2O5S/c1-14(2)31(28,29)18-9-10-19(25)15(13-18)6-7-16-12-17(24)8-11-20(16)30-21(22(26)27)23(3,4)5/h8-14,21H,1-5H3,(H,26,27). The number of aliphatic carboxylic acids is 1. The molecule has 8 heteroatoms. The van der Waals surface area contributed by atoms with Gasteiger partial charge in [-0.25, -0.2) is 13.2 Å². The highest BCUT2D eigenvalue weighted by Crippen LogP contribution is 2.29. The number of rotatable bonds is 5. The number of carbonyl (C=O) groups is 1. The largest absolute Gasteiger partial charge is 0.478 e. The third-order valence-electron chi connectivity index (χ3n) is 4.42. The summed E-state index contributed by atoms with van der Waals surface area (Å²) in [4.78, 5) is 11.8. The van der Waals surface area contributed by atoms with Gasteiger partial charge in [0.1, 0.15) is 5.75 Å². The molecular weight excluding hydrogens is 459 g/mol. The van der Waals surface area contributed by atoms with Gasteiger partial charge < -0.3 is 9.84 Å². The molecule has 0 radical (unpaired) electrons. The molecule has 1 unspecified atom stereocenters. The molecule has 1 atom stereocenters. The maximum absolute atomic E-state index is 12.5. The van der Waals surface area contributed by atoms with E-state index < -0.39 is 32.6 Å². The van der Waals surface area contributed by atoms with E-state index in [1.54, 1.807) is 52.8 Å². The summed E-state index contributed by atoms with van der Waals surface area (Å²) in [5.41, 5.74) is 0.00931. The van der Waals surface area contributed by atoms with Gasteiger partial charge in [-0.15, -0.1) is 0 Å². The zero-order chi connectivity index (χ0) is 23.6. The molecule has 0 bridgehead atoms. The smallest absolute Gasteiger partial charge is 0.345 e. The van der Waals surface area contributed by atoms with Crippen LogP contribution in [0.5, 0.6) is 5.75 Å². The van der Waals surface area contributed by atoms with Crippen LogP contribution in [0.1, 0.15) is 45.7 Å². The molecule has 0 saturated heterocycles. The van der Waals surface area contributed by atoms with Crippen molar-refractivity contribution in [2.75, 3.05) is 0 Å². The average Bonchev–Trinajstić information content (AvgIpc) is 2.64. The summed E-state index contributed by atoms with van der Waals surface area (Å²) in [6, 6.07) is 9.02.